The van der Waals surface area contributed by atoms with E-state index in [0.29, 0.717) is 11.3 Å². The quantitative estimate of drug-likeness (QED) is 0.739. The lowest BCUT2D eigenvalue weighted by Gasteiger charge is -2.61. The molecule has 0 heterocycles. The van der Waals surface area contributed by atoms with Crippen LogP contribution in [0.25, 0.3) is 0 Å². The van der Waals surface area contributed by atoms with Crippen LogP contribution in [-0.4, -0.2) is 22.4 Å². The van der Waals surface area contributed by atoms with Crippen molar-refractivity contribution in [1.29, 1.82) is 0 Å². The van der Waals surface area contributed by atoms with E-state index in [1.165, 1.54) is 31.3 Å². The van der Waals surface area contributed by atoms with E-state index in [-0.39, 0.29) is 12.0 Å². The van der Waals surface area contributed by atoms with Gasteiger partial charge >= 0.3 is 0 Å². The molecule has 128 valence electrons. The summed E-state index contributed by atoms with van der Waals surface area (Å²) in [5.41, 5.74) is 1.36. The first kappa shape index (κ1) is 18.0. The molecule has 2 fully saturated rings. The molecule has 0 amide bonds. The molecule has 0 aromatic carbocycles. The van der Waals surface area contributed by atoms with Crippen molar-refractivity contribution < 1.29 is 10.2 Å². The second-order valence-corrected chi connectivity index (χ2v) is 9.12. The van der Waals surface area contributed by atoms with Crippen molar-refractivity contribution in [1.82, 2.24) is 0 Å². The maximum absolute atomic E-state index is 11.1. The molecule has 2 N–H and O–H groups in total. The summed E-state index contributed by atoms with van der Waals surface area (Å²) in [6.45, 7) is 11.6. The molecule has 0 spiro atoms. The molecule has 0 aromatic heterocycles. The maximum Gasteiger partial charge on any atom is 0.0653 e. The summed E-state index contributed by atoms with van der Waals surface area (Å²) in [5.74, 6) is 1.08. The molecule has 0 bridgehead atoms. The van der Waals surface area contributed by atoms with Gasteiger partial charge in [-0.15, -0.1) is 0 Å². The van der Waals surface area contributed by atoms with Gasteiger partial charge in [-0.05, 0) is 75.0 Å². The molecule has 0 aliphatic heterocycles. The van der Waals surface area contributed by atoms with Gasteiger partial charge in [0.25, 0.3) is 0 Å². The topological polar surface area (TPSA) is 40.5 Å². The lowest BCUT2D eigenvalue weighted by Crippen LogP contribution is -2.57. The maximum atomic E-state index is 11.1. The van der Waals surface area contributed by atoms with Gasteiger partial charge in [0.05, 0.1) is 12.2 Å². The van der Waals surface area contributed by atoms with Gasteiger partial charge in [0.15, 0.2) is 0 Å². The van der Waals surface area contributed by atoms with Crippen LogP contribution in [0.4, 0.5) is 0 Å². The van der Waals surface area contributed by atoms with Crippen LogP contribution >= 0.6 is 0 Å². The van der Waals surface area contributed by atoms with Crippen molar-refractivity contribution in [2.75, 3.05) is 6.61 Å². The van der Waals surface area contributed by atoms with Crippen molar-refractivity contribution in [2.45, 2.75) is 85.2 Å². The summed E-state index contributed by atoms with van der Waals surface area (Å²) >= 11 is 0. The standard InChI is InChI=1S/C20H36O2/c1-15(10-14-21)7-8-17-19(4)12-6-11-18(2,3)16(19)9-13-20(17,5)22/h10,16-17,21-22H,6-9,11-14H2,1-5H3/t16-,17-,19-,20+/m1/s1. The van der Waals surface area contributed by atoms with Crippen LogP contribution in [0.1, 0.15) is 79.6 Å². The molecule has 22 heavy (non-hydrogen) atoms. The SMILES string of the molecule is CC(=CCO)CC[C@@H]1[C@]2(C)CCCC(C)(C)[C@H]2CC[C@]1(C)O. The van der Waals surface area contributed by atoms with Gasteiger partial charge in [-0.2, -0.15) is 0 Å². The number of aliphatic hydroxyl groups is 2. The van der Waals surface area contributed by atoms with Crippen molar-refractivity contribution in [2.24, 2.45) is 22.7 Å². The number of hydrogen-bond donors (Lipinski definition) is 2. The summed E-state index contributed by atoms with van der Waals surface area (Å²) in [6, 6.07) is 0. The molecule has 2 saturated carbocycles. The monoisotopic (exact) mass is 308 g/mol. The Morgan fingerprint density at radius 2 is 1.82 bits per heavy atom. The Labute approximate surface area is 137 Å². The van der Waals surface area contributed by atoms with Crippen LogP contribution in [0.5, 0.6) is 0 Å². The number of hydrogen-bond acceptors (Lipinski definition) is 2. The van der Waals surface area contributed by atoms with Gasteiger partial charge in [-0.1, -0.05) is 38.8 Å². The predicted octanol–water partition coefficient (Wildman–Crippen LogP) is 4.70. The zero-order chi connectivity index (χ0) is 16.6. The molecule has 0 aromatic rings. The lowest BCUT2D eigenvalue weighted by molar-refractivity contribution is -0.168. The van der Waals surface area contributed by atoms with E-state index >= 15 is 0 Å². The third-order valence-corrected chi connectivity index (χ3v) is 7.03. The highest BCUT2D eigenvalue weighted by molar-refractivity contribution is 5.09. The molecule has 0 unspecified atom stereocenters. The number of rotatable bonds is 4. The summed E-state index contributed by atoms with van der Waals surface area (Å²) in [7, 11) is 0. The molecule has 2 rings (SSSR count). The third-order valence-electron chi connectivity index (χ3n) is 7.03. The molecule has 2 aliphatic rings. The highest BCUT2D eigenvalue weighted by atomic mass is 16.3. The molecule has 0 radical (unpaired) electrons. The van der Waals surface area contributed by atoms with Crippen LogP contribution in [0.3, 0.4) is 0 Å². The Morgan fingerprint density at radius 1 is 1.14 bits per heavy atom. The summed E-state index contributed by atoms with van der Waals surface area (Å²) < 4.78 is 0. The fourth-order valence-corrected chi connectivity index (χ4v) is 5.90. The third kappa shape index (κ3) is 3.28. The van der Waals surface area contributed by atoms with E-state index in [4.69, 9.17) is 5.11 Å². The number of aliphatic hydroxyl groups excluding tert-OH is 1. The normalized spacial score (nSPS) is 42.0. The van der Waals surface area contributed by atoms with E-state index in [9.17, 15) is 5.11 Å². The van der Waals surface area contributed by atoms with E-state index < -0.39 is 5.60 Å². The Balaban J connectivity index is 2.24. The smallest absolute Gasteiger partial charge is 0.0653 e. The van der Waals surface area contributed by atoms with Crippen molar-refractivity contribution in [3.05, 3.63) is 11.6 Å². The first-order chi connectivity index (χ1) is 10.1. The minimum absolute atomic E-state index is 0.125. The molecular formula is C20H36O2. The average Bonchev–Trinajstić information content (AvgIpc) is 2.36. The van der Waals surface area contributed by atoms with Gasteiger partial charge in [-0.25, -0.2) is 0 Å². The zero-order valence-electron chi connectivity index (χ0n) is 15.3. The van der Waals surface area contributed by atoms with Crippen LogP contribution in [0.15, 0.2) is 11.6 Å². The first-order valence-corrected chi connectivity index (χ1v) is 9.12. The molecule has 0 saturated heterocycles. The second kappa shape index (κ2) is 6.28. The first-order valence-electron chi connectivity index (χ1n) is 9.12. The summed E-state index contributed by atoms with van der Waals surface area (Å²) in [5, 5.41) is 20.1. The summed E-state index contributed by atoms with van der Waals surface area (Å²) in [4.78, 5) is 0. The van der Waals surface area contributed by atoms with Crippen molar-refractivity contribution in [3.8, 4) is 0 Å². The van der Waals surface area contributed by atoms with E-state index in [1.54, 1.807) is 0 Å². The predicted molar refractivity (Wildman–Crippen MR) is 92.7 cm³/mol. The molecule has 4 atom stereocenters. The fraction of sp³-hybridized carbons (Fsp3) is 0.900. The van der Waals surface area contributed by atoms with E-state index in [2.05, 4.69) is 34.6 Å². The van der Waals surface area contributed by atoms with Crippen LogP contribution < -0.4 is 0 Å². The van der Waals surface area contributed by atoms with Gasteiger partial charge in [0.1, 0.15) is 0 Å². The van der Waals surface area contributed by atoms with Crippen molar-refractivity contribution >= 4 is 0 Å². The second-order valence-electron chi connectivity index (χ2n) is 9.12. The Bertz CT molecular complexity index is 421. The molecule has 2 aliphatic carbocycles. The van der Waals surface area contributed by atoms with Crippen LogP contribution in [-0.2, 0) is 0 Å². The summed E-state index contributed by atoms with van der Waals surface area (Å²) in [6.07, 6.45) is 9.90. The Kier molecular flexibility index (Phi) is 5.14. The van der Waals surface area contributed by atoms with Gasteiger partial charge in [-0.3, -0.25) is 0 Å². The molecule has 2 nitrogen and oxygen atoms in total. The van der Waals surface area contributed by atoms with Gasteiger partial charge < -0.3 is 10.2 Å². The Morgan fingerprint density at radius 3 is 2.45 bits per heavy atom. The fourth-order valence-electron chi connectivity index (χ4n) is 5.90. The minimum atomic E-state index is -0.543. The van der Waals surface area contributed by atoms with E-state index in [0.717, 1.165) is 25.2 Å². The minimum Gasteiger partial charge on any atom is -0.392 e. The van der Waals surface area contributed by atoms with Gasteiger partial charge in [0.2, 0.25) is 0 Å². The number of fused-ring (bicyclic) bond motifs is 1. The largest absolute Gasteiger partial charge is 0.392 e. The van der Waals surface area contributed by atoms with Crippen LogP contribution in [0, 0.1) is 22.7 Å². The highest BCUT2D eigenvalue weighted by Gasteiger charge is 2.57. The lowest BCUT2D eigenvalue weighted by atomic mass is 9.45. The van der Waals surface area contributed by atoms with E-state index in [1.807, 2.05) is 6.08 Å². The zero-order valence-corrected chi connectivity index (χ0v) is 15.3. The average molecular weight is 309 g/mol. The van der Waals surface area contributed by atoms with Gasteiger partial charge in [0, 0.05) is 0 Å². The number of allylic oxidation sites excluding steroid dienone is 1. The van der Waals surface area contributed by atoms with Crippen molar-refractivity contribution in [3.63, 3.8) is 0 Å². The highest BCUT2D eigenvalue weighted by Crippen LogP contribution is 2.62. The van der Waals surface area contributed by atoms with Crippen LogP contribution in [0.2, 0.25) is 0 Å². The Hall–Kier alpha value is -0.340. The molecular weight excluding hydrogens is 272 g/mol. The molecule has 2 heteroatoms.